The molecule has 0 saturated heterocycles. The lowest BCUT2D eigenvalue weighted by molar-refractivity contribution is -0.123. The van der Waals surface area contributed by atoms with Crippen LogP contribution in [-0.4, -0.2) is 18.7 Å². The van der Waals surface area contributed by atoms with Gasteiger partial charge >= 0.3 is 0 Å². The number of carbonyl (C=O) groups is 1. The van der Waals surface area contributed by atoms with Crippen molar-refractivity contribution < 1.29 is 9.53 Å². The number of rotatable bonds is 8. The standard InChI is InChI=1S/C20H17ClN2O2S2/c21-16-7-9-17(10-8-16)27-14-15-4-1-2-6-19(15)25-13-20(24)23-22-12-18-5-3-11-26-18/h1-12H,13-14H2,(H,23,24)/b22-12+. The lowest BCUT2D eigenvalue weighted by Gasteiger charge is -2.10. The van der Waals surface area contributed by atoms with Crippen LogP contribution in [0.15, 0.2) is 76.0 Å². The molecule has 1 amide bonds. The number of para-hydroxylation sites is 1. The van der Waals surface area contributed by atoms with E-state index in [1.165, 1.54) is 0 Å². The highest BCUT2D eigenvalue weighted by Crippen LogP contribution is 2.28. The second kappa shape index (κ2) is 10.2. The topological polar surface area (TPSA) is 50.7 Å². The van der Waals surface area contributed by atoms with Gasteiger partial charge < -0.3 is 4.74 Å². The molecule has 3 aromatic rings. The fraction of sp³-hybridized carbons (Fsp3) is 0.100. The van der Waals surface area contributed by atoms with Crippen molar-refractivity contribution in [2.24, 2.45) is 5.10 Å². The summed E-state index contributed by atoms with van der Waals surface area (Å²) in [6.07, 6.45) is 1.61. The average molecular weight is 417 g/mol. The number of ether oxygens (including phenoxy) is 1. The molecular formula is C20H17ClN2O2S2. The minimum Gasteiger partial charge on any atom is -0.483 e. The van der Waals surface area contributed by atoms with Crippen molar-refractivity contribution >= 4 is 46.8 Å². The van der Waals surface area contributed by atoms with Crippen molar-refractivity contribution in [3.8, 4) is 5.75 Å². The third kappa shape index (κ3) is 6.43. The minimum atomic E-state index is -0.303. The Kier molecular flexibility index (Phi) is 7.33. The van der Waals surface area contributed by atoms with Crippen molar-refractivity contribution in [1.82, 2.24) is 5.43 Å². The first-order valence-electron chi connectivity index (χ1n) is 8.15. The first-order chi connectivity index (χ1) is 13.2. The molecule has 138 valence electrons. The summed E-state index contributed by atoms with van der Waals surface area (Å²) < 4.78 is 5.68. The fourth-order valence-corrected chi connectivity index (χ4v) is 3.76. The molecule has 0 atom stereocenters. The number of benzene rings is 2. The third-order valence-electron chi connectivity index (χ3n) is 3.46. The van der Waals surface area contributed by atoms with Crippen LogP contribution in [0.25, 0.3) is 0 Å². The van der Waals surface area contributed by atoms with Gasteiger partial charge in [-0.15, -0.1) is 23.1 Å². The fourth-order valence-electron chi connectivity index (χ4n) is 2.16. The van der Waals surface area contributed by atoms with Gasteiger partial charge in [0.2, 0.25) is 0 Å². The van der Waals surface area contributed by atoms with Gasteiger partial charge in [-0.2, -0.15) is 5.10 Å². The largest absolute Gasteiger partial charge is 0.483 e. The molecule has 4 nitrogen and oxygen atoms in total. The molecule has 1 N–H and O–H groups in total. The Morgan fingerprint density at radius 1 is 1.15 bits per heavy atom. The number of amides is 1. The molecule has 0 aliphatic rings. The lowest BCUT2D eigenvalue weighted by atomic mass is 10.2. The molecule has 2 aromatic carbocycles. The van der Waals surface area contributed by atoms with Crippen LogP contribution in [0.4, 0.5) is 0 Å². The molecule has 0 saturated carbocycles. The Morgan fingerprint density at radius 2 is 1.96 bits per heavy atom. The van der Waals surface area contributed by atoms with Gasteiger partial charge in [0, 0.05) is 26.1 Å². The van der Waals surface area contributed by atoms with E-state index in [0.717, 1.165) is 26.1 Å². The number of carbonyl (C=O) groups excluding carboxylic acids is 1. The van der Waals surface area contributed by atoms with Crippen molar-refractivity contribution in [2.75, 3.05) is 6.61 Å². The minimum absolute atomic E-state index is 0.0929. The quantitative estimate of drug-likeness (QED) is 0.311. The van der Waals surface area contributed by atoms with E-state index in [9.17, 15) is 4.79 Å². The first kappa shape index (κ1) is 19.5. The van der Waals surface area contributed by atoms with E-state index in [1.54, 1.807) is 29.3 Å². The third-order valence-corrected chi connectivity index (χ3v) is 5.58. The van der Waals surface area contributed by atoms with Crippen LogP contribution >= 0.6 is 34.7 Å². The first-order valence-corrected chi connectivity index (χ1v) is 10.4. The molecular weight excluding hydrogens is 400 g/mol. The molecule has 0 aliphatic heterocycles. The van der Waals surface area contributed by atoms with Crippen molar-refractivity contribution in [2.45, 2.75) is 10.6 Å². The predicted octanol–water partition coefficient (Wildman–Crippen LogP) is 5.22. The molecule has 0 radical (unpaired) electrons. The second-order valence-corrected chi connectivity index (χ2v) is 7.91. The summed E-state index contributed by atoms with van der Waals surface area (Å²) in [6, 6.07) is 19.2. The van der Waals surface area contributed by atoms with Gasteiger partial charge in [0.25, 0.3) is 5.91 Å². The summed E-state index contributed by atoms with van der Waals surface area (Å²) in [5.41, 5.74) is 3.49. The van der Waals surface area contributed by atoms with E-state index in [-0.39, 0.29) is 12.5 Å². The van der Waals surface area contributed by atoms with Crippen molar-refractivity contribution in [3.05, 3.63) is 81.5 Å². The number of hydrogen-bond acceptors (Lipinski definition) is 5. The van der Waals surface area contributed by atoms with Gasteiger partial charge in [-0.25, -0.2) is 5.43 Å². The molecule has 3 rings (SSSR count). The normalized spacial score (nSPS) is 10.9. The molecule has 7 heteroatoms. The van der Waals surface area contributed by atoms with Crippen LogP contribution in [0.1, 0.15) is 10.4 Å². The second-order valence-electron chi connectivity index (χ2n) is 5.45. The number of hydrazone groups is 1. The molecule has 1 aromatic heterocycles. The number of thioether (sulfide) groups is 1. The molecule has 0 fully saturated rings. The van der Waals surface area contributed by atoms with Crippen LogP contribution in [0, 0.1) is 0 Å². The highest BCUT2D eigenvalue weighted by Gasteiger charge is 2.07. The molecule has 1 heterocycles. The maximum atomic E-state index is 11.9. The number of nitrogens with one attached hydrogen (secondary N) is 1. The summed E-state index contributed by atoms with van der Waals surface area (Å²) in [7, 11) is 0. The maximum absolute atomic E-state index is 11.9. The molecule has 0 aliphatic carbocycles. The Balaban J connectivity index is 1.51. The Morgan fingerprint density at radius 3 is 2.74 bits per heavy atom. The number of nitrogens with zero attached hydrogens (tertiary/aromatic N) is 1. The Bertz CT molecular complexity index is 897. The summed E-state index contributed by atoms with van der Waals surface area (Å²) in [5, 5.41) is 6.59. The zero-order chi connectivity index (χ0) is 18.9. The van der Waals surface area contributed by atoms with E-state index in [2.05, 4.69) is 10.5 Å². The van der Waals surface area contributed by atoms with Gasteiger partial charge in [0.15, 0.2) is 6.61 Å². The predicted molar refractivity (Wildman–Crippen MR) is 113 cm³/mol. The Hall–Kier alpha value is -2.28. The summed E-state index contributed by atoms with van der Waals surface area (Å²) in [5.74, 6) is 1.12. The number of thiophene rings is 1. The number of hydrogen-bond donors (Lipinski definition) is 1. The summed E-state index contributed by atoms with van der Waals surface area (Å²) in [4.78, 5) is 14.0. The smallest absolute Gasteiger partial charge is 0.277 e. The molecule has 0 bridgehead atoms. The van der Waals surface area contributed by atoms with Crippen LogP contribution in [-0.2, 0) is 10.5 Å². The van der Waals surface area contributed by atoms with E-state index in [1.807, 2.05) is 66.0 Å². The van der Waals surface area contributed by atoms with Gasteiger partial charge in [0.1, 0.15) is 5.75 Å². The SMILES string of the molecule is O=C(COc1ccccc1CSc1ccc(Cl)cc1)N/N=C/c1cccs1. The van der Waals surface area contributed by atoms with Gasteiger partial charge in [-0.05, 0) is 41.8 Å². The summed E-state index contributed by atoms with van der Waals surface area (Å²) >= 11 is 9.14. The van der Waals surface area contributed by atoms with E-state index in [0.29, 0.717) is 5.75 Å². The molecule has 0 unspecified atom stereocenters. The van der Waals surface area contributed by atoms with E-state index >= 15 is 0 Å². The zero-order valence-electron chi connectivity index (χ0n) is 14.3. The zero-order valence-corrected chi connectivity index (χ0v) is 16.7. The highest BCUT2D eigenvalue weighted by atomic mass is 35.5. The van der Waals surface area contributed by atoms with Crippen LogP contribution < -0.4 is 10.2 Å². The number of halogens is 1. The van der Waals surface area contributed by atoms with E-state index in [4.69, 9.17) is 16.3 Å². The highest BCUT2D eigenvalue weighted by molar-refractivity contribution is 7.98. The molecule has 27 heavy (non-hydrogen) atoms. The van der Waals surface area contributed by atoms with Crippen LogP contribution in [0.2, 0.25) is 5.02 Å². The van der Waals surface area contributed by atoms with Crippen LogP contribution in [0.5, 0.6) is 5.75 Å². The van der Waals surface area contributed by atoms with Crippen molar-refractivity contribution in [3.63, 3.8) is 0 Å². The van der Waals surface area contributed by atoms with Crippen LogP contribution in [0.3, 0.4) is 0 Å². The summed E-state index contributed by atoms with van der Waals surface area (Å²) in [6.45, 7) is -0.0929. The van der Waals surface area contributed by atoms with Crippen molar-refractivity contribution in [1.29, 1.82) is 0 Å². The average Bonchev–Trinajstić information content (AvgIpc) is 3.20. The van der Waals surface area contributed by atoms with Gasteiger partial charge in [-0.1, -0.05) is 35.9 Å². The Labute approximate surface area is 171 Å². The molecule has 0 spiro atoms. The van der Waals surface area contributed by atoms with E-state index < -0.39 is 0 Å². The lowest BCUT2D eigenvalue weighted by Crippen LogP contribution is -2.24. The maximum Gasteiger partial charge on any atom is 0.277 e. The van der Waals surface area contributed by atoms with Gasteiger partial charge in [-0.3, -0.25) is 4.79 Å². The van der Waals surface area contributed by atoms with Gasteiger partial charge in [0.05, 0.1) is 6.21 Å². The monoisotopic (exact) mass is 416 g/mol.